The minimum atomic E-state index is -1.52. The Hall–Kier alpha value is -1.33. The number of piperidine rings is 1. The topological polar surface area (TPSA) is 58.6 Å². The van der Waals surface area contributed by atoms with E-state index in [4.69, 9.17) is 4.74 Å². The first-order chi connectivity index (χ1) is 8.28. The van der Waals surface area contributed by atoms with E-state index in [1.54, 1.807) is 20.8 Å². The first-order valence-electron chi connectivity index (χ1n) is 6.17. The van der Waals surface area contributed by atoms with Crippen molar-refractivity contribution in [3.05, 3.63) is 0 Å². The molecule has 0 aromatic rings. The maximum Gasteiger partial charge on any atom is 0.410 e. The molecule has 0 spiro atoms. The molecule has 2 amide bonds. The van der Waals surface area contributed by atoms with Crippen molar-refractivity contribution in [2.45, 2.75) is 32.5 Å². The van der Waals surface area contributed by atoms with Gasteiger partial charge in [0.25, 0.3) is 5.91 Å². The van der Waals surface area contributed by atoms with E-state index in [-0.39, 0.29) is 12.5 Å². The van der Waals surface area contributed by atoms with E-state index < -0.39 is 29.7 Å². The Morgan fingerprint density at radius 1 is 1.44 bits per heavy atom. The standard InChI is InChI=1S/C12H19FN2O3/c1-12(2,3)18-11(17)15-5-7-4-14-10(16)9(13)8(7)6-15/h7-9H,4-6H2,1-3H3,(H,14,16). The zero-order valence-corrected chi connectivity index (χ0v) is 10.9. The molecule has 0 radical (unpaired) electrons. The second-order valence-electron chi connectivity index (χ2n) is 5.96. The summed E-state index contributed by atoms with van der Waals surface area (Å²) in [5.41, 5.74) is -0.561. The van der Waals surface area contributed by atoms with E-state index in [9.17, 15) is 14.0 Å². The zero-order valence-electron chi connectivity index (χ0n) is 10.9. The van der Waals surface area contributed by atoms with E-state index in [2.05, 4.69) is 5.32 Å². The number of rotatable bonds is 0. The lowest BCUT2D eigenvalue weighted by molar-refractivity contribution is -0.130. The number of alkyl halides is 1. The molecule has 2 aliphatic rings. The predicted octanol–water partition coefficient (Wildman–Crippen LogP) is 0.937. The number of nitrogens with one attached hydrogen (secondary N) is 1. The van der Waals surface area contributed by atoms with Crippen LogP contribution in [0.2, 0.25) is 0 Å². The lowest BCUT2D eigenvalue weighted by atomic mass is 9.88. The number of fused-ring (bicyclic) bond motifs is 1. The molecule has 2 fully saturated rings. The van der Waals surface area contributed by atoms with Gasteiger partial charge in [0.05, 0.1) is 0 Å². The highest BCUT2D eigenvalue weighted by Crippen LogP contribution is 2.31. The number of halogens is 1. The van der Waals surface area contributed by atoms with Gasteiger partial charge in [0, 0.05) is 31.5 Å². The quantitative estimate of drug-likeness (QED) is 0.703. The number of carbonyl (C=O) groups is 2. The van der Waals surface area contributed by atoms with Gasteiger partial charge in [-0.25, -0.2) is 9.18 Å². The molecule has 5 nitrogen and oxygen atoms in total. The van der Waals surface area contributed by atoms with Crippen molar-refractivity contribution in [2.24, 2.45) is 11.8 Å². The SMILES string of the molecule is CC(C)(C)OC(=O)N1CC2CNC(=O)C(F)C2C1. The molecular weight excluding hydrogens is 239 g/mol. The summed E-state index contributed by atoms with van der Waals surface area (Å²) in [6.45, 7) is 6.50. The van der Waals surface area contributed by atoms with Gasteiger partial charge in [0.1, 0.15) is 5.60 Å². The fourth-order valence-electron chi connectivity index (χ4n) is 2.44. The maximum absolute atomic E-state index is 13.7. The van der Waals surface area contributed by atoms with Crippen molar-refractivity contribution in [2.75, 3.05) is 19.6 Å². The average Bonchev–Trinajstić information content (AvgIpc) is 2.66. The van der Waals surface area contributed by atoms with Crippen molar-refractivity contribution in [1.82, 2.24) is 10.2 Å². The van der Waals surface area contributed by atoms with E-state index in [0.717, 1.165) is 0 Å². The molecule has 3 unspecified atom stereocenters. The fourth-order valence-corrected chi connectivity index (χ4v) is 2.44. The third-order valence-electron chi connectivity index (χ3n) is 3.31. The highest BCUT2D eigenvalue weighted by Gasteiger charge is 2.46. The van der Waals surface area contributed by atoms with Gasteiger partial charge in [-0.15, -0.1) is 0 Å². The molecule has 3 atom stereocenters. The van der Waals surface area contributed by atoms with Crippen molar-refractivity contribution in [3.8, 4) is 0 Å². The molecule has 0 bridgehead atoms. The van der Waals surface area contributed by atoms with Crippen LogP contribution in [0, 0.1) is 11.8 Å². The maximum atomic E-state index is 13.7. The summed E-state index contributed by atoms with van der Waals surface area (Å²) in [5, 5.41) is 2.52. The summed E-state index contributed by atoms with van der Waals surface area (Å²) >= 11 is 0. The van der Waals surface area contributed by atoms with Gasteiger partial charge < -0.3 is 15.0 Å². The Bertz CT molecular complexity index is 367. The van der Waals surface area contributed by atoms with Crippen LogP contribution >= 0.6 is 0 Å². The molecule has 18 heavy (non-hydrogen) atoms. The second-order valence-corrected chi connectivity index (χ2v) is 5.96. The summed E-state index contributed by atoms with van der Waals surface area (Å²) in [6, 6.07) is 0. The smallest absolute Gasteiger partial charge is 0.410 e. The first-order valence-corrected chi connectivity index (χ1v) is 6.17. The normalized spacial score (nSPS) is 31.9. The molecular formula is C12H19FN2O3. The van der Waals surface area contributed by atoms with Crippen LogP contribution in [0.15, 0.2) is 0 Å². The molecule has 2 saturated heterocycles. The lowest BCUT2D eigenvalue weighted by Gasteiger charge is -2.26. The predicted molar refractivity (Wildman–Crippen MR) is 62.7 cm³/mol. The minimum absolute atomic E-state index is 0.00906. The number of carbonyl (C=O) groups excluding carboxylic acids is 2. The van der Waals surface area contributed by atoms with Crippen LogP contribution in [0.3, 0.4) is 0 Å². The summed E-state index contributed by atoms with van der Waals surface area (Å²) in [4.78, 5) is 24.6. The molecule has 102 valence electrons. The number of hydrogen-bond donors (Lipinski definition) is 1. The highest BCUT2D eigenvalue weighted by molar-refractivity contribution is 5.82. The summed E-state index contributed by atoms with van der Waals surface area (Å²) in [6.07, 6.45) is -1.95. The van der Waals surface area contributed by atoms with E-state index in [1.807, 2.05) is 0 Å². The summed E-state index contributed by atoms with van der Waals surface area (Å²) < 4.78 is 19.0. The Morgan fingerprint density at radius 3 is 2.72 bits per heavy atom. The number of nitrogens with zero attached hydrogens (tertiary/aromatic N) is 1. The molecule has 0 aromatic carbocycles. The highest BCUT2D eigenvalue weighted by atomic mass is 19.1. The Labute approximate surface area is 106 Å². The Balaban J connectivity index is 1.99. The molecule has 2 aliphatic heterocycles. The van der Waals surface area contributed by atoms with Crippen LogP contribution < -0.4 is 5.32 Å². The van der Waals surface area contributed by atoms with E-state index in [1.165, 1.54) is 4.90 Å². The largest absolute Gasteiger partial charge is 0.444 e. The van der Waals surface area contributed by atoms with E-state index >= 15 is 0 Å². The van der Waals surface area contributed by atoms with Crippen LogP contribution in [0.25, 0.3) is 0 Å². The van der Waals surface area contributed by atoms with Gasteiger partial charge in [0.15, 0.2) is 6.17 Å². The van der Waals surface area contributed by atoms with Crippen molar-refractivity contribution >= 4 is 12.0 Å². The van der Waals surface area contributed by atoms with E-state index in [0.29, 0.717) is 13.1 Å². The zero-order chi connectivity index (χ0) is 13.5. The van der Waals surface area contributed by atoms with Crippen LogP contribution in [-0.4, -0.2) is 48.3 Å². The third kappa shape index (κ3) is 2.57. The van der Waals surface area contributed by atoms with Gasteiger partial charge in [0.2, 0.25) is 0 Å². The van der Waals surface area contributed by atoms with Crippen LogP contribution in [0.4, 0.5) is 9.18 Å². The summed E-state index contributed by atoms with van der Waals surface area (Å²) in [7, 11) is 0. The monoisotopic (exact) mass is 258 g/mol. The molecule has 1 N–H and O–H groups in total. The van der Waals surface area contributed by atoms with Crippen LogP contribution in [-0.2, 0) is 9.53 Å². The number of amides is 2. The van der Waals surface area contributed by atoms with Crippen LogP contribution in [0.5, 0.6) is 0 Å². The third-order valence-corrected chi connectivity index (χ3v) is 3.31. The molecule has 2 heterocycles. The van der Waals surface area contributed by atoms with Gasteiger partial charge in [-0.2, -0.15) is 0 Å². The molecule has 0 aliphatic carbocycles. The van der Waals surface area contributed by atoms with Gasteiger partial charge in [-0.3, -0.25) is 4.79 Å². The number of hydrogen-bond acceptors (Lipinski definition) is 3. The van der Waals surface area contributed by atoms with Gasteiger partial charge in [-0.05, 0) is 20.8 Å². The molecule has 0 saturated carbocycles. The number of likely N-dealkylation sites (tertiary alicyclic amines) is 1. The van der Waals surface area contributed by atoms with Crippen molar-refractivity contribution < 1.29 is 18.7 Å². The fraction of sp³-hybridized carbons (Fsp3) is 0.833. The van der Waals surface area contributed by atoms with Crippen molar-refractivity contribution in [3.63, 3.8) is 0 Å². The van der Waals surface area contributed by atoms with Crippen molar-refractivity contribution in [1.29, 1.82) is 0 Å². The lowest BCUT2D eigenvalue weighted by Crippen LogP contribution is -2.48. The Morgan fingerprint density at radius 2 is 2.11 bits per heavy atom. The molecule has 2 rings (SSSR count). The average molecular weight is 258 g/mol. The minimum Gasteiger partial charge on any atom is -0.444 e. The second kappa shape index (κ2) is 4.40. The van der Waals surface area contributed by atoms with Crippen LogP contribution in [0.1, 0.15) is 20.8 Å². The molecule has 0 aromatic heterocycles. The van der Waals surface area contributed by atoms with Gasteiger partial charge >= 0.3 is 6.09 Å². The first kappa shape index (κ1) is 13.1. The molecule has 6 heteroatoms. The number of ether oxygens (including phenoxy) is 1. The Kier molecular flexibility index (Phi) is 3.21. The van der Waals surface area contributed by atoms with Gasteiger partial charge in [-0.1, -0.05) is 0 Å². The summed E-state index contributed by atoms with van der Waals surface area (Å²) in [5.74, 6) is -0.973.